The predicted octanol–water partition coefficient (Wildman–Crippen LogP) is 1.36. The number of para-hydroxylation sites is 1. The van der Waals surface area contributed by atoms with Gasteiger partial charge in [-0.15, -0.1) is 0 Å². The van der Waals surface area contributed by atoms with Crippen molar-refractivity contribution in [3.05, 3.63) is 51.4 Å². The second-order valence-corrected chi connectivity index (χ2v) is 4.75. The van der Waals surface area contributed by atoms with E-state index in [1.165, 1.54) is 4.57 Å². The Balaban J connectivity index is 2.08. The summed E-state index contributed by atoms with van der Waals surface area (Å²) in [6, 6.07) is 7.53. The van der Waals surface area contributed by atoms with E-state index in [9.17, 15) is 9.59 Å². The molecule has 3 aromatic heterocycles. The zero-order valence-electron chi connectivity index (χ0n) is 11.0. The summed E-state index contributed by atoms with van der Waals surface area (Å²) in [5, 5.41) is 0.887. The lowest BCUT2D eigenvalue weighted by atomic mass is 10.2. The molecule has 3 heterocycles. The van der Waals surface area contributed by atoms with Gasteiger partial charge in [-0.2, -0.15) is 0 Å². The van der Waals surface area contributed by atoms with Crippen LogP contribution in [0.15, 0.2) is 44.5 Å². The van der Waals surface area contributed by atoms with Gasteiger partial charge in [0.25, 0.3) is 5.56 Å². The molecule has 0 saturated heterocycles. The van der Waals surface area contributed by atoms with Gasteiger partial charge in [0.05, 0.1) is 5.56 Å². The molecule has 0 amide bonds. The van der Waals surface area contributed by atoms with E-state index in [0.717, 1.165) is 16.5 Å². The number of hydrogen-bond acceptors (Lipinski definition) is 4. The minimum atomic E-state index is -0.498. The van der Waals surface area contributed by atoms with Gasteiger partial charge >= 0.3 is 5.69 Å². The molecule has 0 radical (unpaired) electrons. The maximum Gasteiger partial charge on any atom is 0.329 e. The summed E-state index contributed by atoms with van der Waals surface area (Å²) in [6.07, 6.45) is 1.58. The van der Waals surface area contributed by atoms with Crippen LogP contribution in [0.2, 0.25) is 0 Å². The van der Waals surface area contributed by atoms with Crippen molar-refractivity contribution in [2.45, 2.75) is 0 Å². The van der Waals surface area contributed by atoms with Gasteiger partial charge in [0, 0.05) is 12.4 Å². The molecule has 104 valence electrons. The van der Waals surface area contributed by atoms with E-state index >= 15 is 0 Å². The van der Waals surface area contributed by atoms with Crippen molar-refractivity contribution < 1.29 is 4.42 Å². The summed E-state index contributed by atoms with van der Waals surface area (Å²) in [4.78, 5) is 33.0. The van der Waals surface area contributed by atoms with Gasteiger partial charge in [0.1, 0.15) is 23.2 Å². The quantitative estimate of drug-likeness (QED) is 0.551. The SMILES string of the molecule is Cn1c(=O)[nH]c(=O)c2[nH]c(-c3coc4ccccc34)nc21. The smallest absolute Gasteiger partial charge is 0.329 e. The molecule has 0 saturated carbocycles. The summed E-state index contributed by atoms with van der Waals surface area (Å²) in [7, 11) is 1.55. The average molecular weight is 282 g/mol. The molecule has 0 aliphatic carbocycles. The average Bonchev–Trinajstić information content (AvgIpc) is 3.09. The number of aromatic amines is 2. The van der Waals surface area contributed by atoms with Crippen LogP contribution in [0, 0.1) is 0 Å². The highest BCUT2D eigenvalue weighted by Gasteiger charge is 2.15. The number of fused-ring (bicyclic) bond motifs is 2. The minimum absolute atomic E-state index is 0.261. The number of rotatable bonds is 1. The highest BCUT2D eigenvalue weighted by Crippen LogP contribution is 2.29. The molecule has 0 aliphatic rings. The fraction of sp³-hybridized carbons (Fsp3) is 0.0714. The molecule has 1 aromatic carbocycles. The largest absolute Gasteiger partial charge is 0.464 e. The first kappa shape index (κ1) is 11.7. The molecule has 7 heteroatoms. The molecular weight excluding hydrogens is 272 g/mol. The van der Waals surface area contributed by atoms with Crippen LogP contribution in [0.1, 0.15) is 0 Å². The van der Waals surface area contributed by atoms with Crippen molar-refractivity contribution in [2.24, 2.45) is 7.05 Å². The van der Waals surface area contributed by atoms with E-state index in [-0.39, 0.29) is 5.52 Å². The molecule has 0 spiro atoms. The first-order valence-electron chi connectivity index (χ1n) is 6.31. The molecule has 7 nitrogen and oxygen atoms in total. The van der Waals surface area contributed by atoms with Crippen molar-refractivity contribution in [2.75, 3.05) is 0 Å². The van der Waals surface area contributed by atoms with Crippen LogP contribution in [0.5, 0.6) is 0 Å². The predicted molar refractivity (Wildman–Crippen MR) is 77.2 cm³/mol. The molecule has 0 aliphatic heterocycles. The van der Waals surface area contributed by atoms with E-state index in [0.29, 0.717) is 11.5 Å². The topological polar surface area (TPSA) is 96.7 Å². The standard InChI is InChI=1S/C14H10N4O3/c1-18-12-10(13(19)17-14(18)20)15-11(16-12)8-6-21-9-5-3-2-4-7(8)9/h2-6H,1H3,(H,15,16)(H,17,19,20). The lowest BCUT2D eigenvalue weighted by molar-refractivity contribution is 0.616. The zero-order valence-corrected chi connectivity index (χ0v) is 11.0. The van der Waals surface area contributed by atoms with Crippen LogP contribution in [0.25, 0.3) is 33.5 Å². The molecule has 0 fully saturated rings. The summed E-state index contributed by atoms with van der Waals surface area (Å²) in [5.41, 5.74) is 1.06. The van der Waals surface area contributed by atoms with E-state index in [2.05, 4.69) is 15.0 Å². The van der Waals surface area contributed by atoms with Crippen LogP contribution in [-0.2, 0) is 7.05 Å². The monoisotopic (exact) mass is 282 g/mol. The van der Waals surface area contributed by atoms with Crippen LogP contribution < -0.4 is 11.2 Å². The van der Waals surface area contributed by atoms with Gasteiger partial charge in [-0.05, 0) is 6.07 Å². The van der Waals surface area contributed by atoms with Crippen molar-refractivity contribution in [3.63, 3.8) is 0 Å². The normalized spacial score (nSPS) is 11.5. The molecule has 0 atom stereocenters. The third-order valence-electron chi connectivity index (χ3n) is 3.49. The highest BCUT2D eigenvalue weighted by atomic mass is 16.3. The maximum absolute atomic E-state index is 11.8. The minimum Gasteiger partial charge on any atom is -0.464 e. The molecule has 21 heavy (non-hydrogen) atoms. The Bertz CT molecular complexity index is 1100. The Morgan fingerprint density at radius 3 is 2.86 bits per heavy atom. The van der Waals surface area contributed by atoms with Crippen LogP contribution in [0.3, 0.4) is 0 Å². The molecule has 4 aromatic rings. The van der Waals surface area contributed by atoms with Crippen molar-refractivity contribution in [1.82, 2.24) is 19.5 Å². The Labute approximate surface area is 116 Å². The maximum atomic E-state index is 11.8. The second-order valence-electron chi connectivity index (χ2n) is 4.75. The molecule has 0 bridgehead atoms. The van der Waals surface area contributed by atoms with Crippen molar-refractivity contribution in [3.8, 4) is 11.4 Å². The number of aryl methyl sites for hydroxylation is 1. The Morgan fingerprint density at radius 2 is 2.00 bits per heavy atom. The lowest BCUT2D eigenvalue weighted by Crippen LogP contribution is -2.28. The number of nitrogens with zero attached hydrogens (tertiary/aromatic N) is 2. The summed E-state index contributed by atoms with van der Waals surface area (Å²) in [5.74, 6) is 0.488. The molecule has 2 N–H and O–H groups in total. The molecular formula is C14H10N4O3. The Kier molecular flexibility index (Phi) is 2.20. The highest BCUT2D eigenvalue weighted by molar-refractivity contribution is 5.93. The number of nitrogens with one attached hydrogen (secondary N) is 2. The van der Waals surface area contributed by atoms with Gasteiger partial charge in [-0.1, -0.05) is 18.2 Å². The lowest BCUT2D eigenvalue weighted by Gasteiger charge is -1.94. The van der Waals surface area contributed by atoms with E-state index in [1.807, 2.05) is 24.3 Å². The summed E-state index contributed by atoms with van der Waals surface area (Å²) >= 11 is 0. The van der Waals surface area contributed by atoms with Gasteiger partial charge in [-0.3, -0.25) is 14.3 Å². The Morgan fingerprint density at radius 1 is 1.19 bits per heavy atom. The summed E-state index contributed by atoms with van der Waals surface area (Å²) in [6.45, 7) is 0. The molecule has 0 unspecified atom stereocenters. The Hall–Kier alpha value is -3.09. The van der Waals surface area contributed by atoms with Crippen LogP contribution in [0.4, 0.5) is 0 Å². The number of benzene rings is 1. The van der Waals surface area contributed by atoms with Crippen molar-refractivity contribution >= 4 is 22.1 Å². The zero-order chi connectivity index (χ0) is 14.6. The number of furan rings is 1. The first-order valence-corrected chi connectivity index (χ1v) is 6.31. The van der Waals surface area contributed by atoms with Gasteiger partial charge in [-0.25, -0.2) is 9.78 Å². The van der Waals surface area contributed by atoms with Crippen LogP contribution in [-0.4, -0.2) is 19.5 Å². The third kappa shape index (κ3) is 1.57. The van der Waals surface area contributed by atoms with Crippen molar-refractivity contribution in [1.29, 1.82) is 0 Å². The fourth-order valence-corrected chi connectivity index (χ4v) is 2.39. The third-order valence-corrected chi connectivity index (χ3v) is 3.49. The van der Waals surface area contributed by atoms with Gasteiger partial charge in [0.15, 0.2) is 5.65 Å². The fourth-order valence-electron chi connectivity index (χ4n) is 2.39. The van der Waals surface area contributed by atoms with E-state index < -0.39 is 11.2 Å². The molecule has 4 rings (SSSR count). The van der Waals surface area contributed by atoms with Crippen LogP contribution >= 0.6 is 0 Å². The first-order chi connectivity index (χ1) is 10.1. The second kappa shape index (κ2) is 3.95. The van der Waals surface area contributed by atoms with E-state index in [4.69, 9.17) is 4.42 Å². The van der Waals surface area contributed by atoms with Gasteiger partial charge in [0.2, 0.25) is 0 Å². The summed E-state index contributed by atoms with van der Waals surface area (Å²) < 4.78 is 6.76. The van der Waals surface area contributed by atoms with E-state index in [1.54, 1.807) is 13.3 Å². The van der Waals surface area contributed by atoms with Gasteiger partial charge < -0.3 is 9.40 Å². The number of aromatic nitrogens is 4. The number of imidazole rings is 1. The number of hydrogen-bond donors (Lipinski definition) is 2. The number of H-pyrrole nitrogens is 2.